The summed E-state index contributed by atoms with van der Waals surface area (Å²) in [6.07, 6.45) is 1.50. The average molecular weight is 230 g/mol. The van der Waals surface area contributed by atoms with E-state index in [0.717, 1.165) is 12.2 Å². The lowest BCUT2D eigenvalue weighted by Crippen LogP contribution is -1.56. The number of carbonyl (C=O) groups excluding carboxylic acids is 2. The Bertz CT molecular complexity index is 281. The molecule has 0 saturated carbocycles. The van der Waals surface area contributed by atoms with Crippen molar-refractivity contribution in [3.8, 4) is 5.75 Å². The van der Waals surface area contributed by atoms with Gasteiger partial charge in [-0.3, -0.25) is 0 Å². The molecular weight excluding hydrogens is 219 g/mol. The monoisotopic (exact) mass is 230 g/mol. The number of hydrogen-bond donors (Lipinski definition) is 3. The number of nitrogens with one attached hydrogen (secondary N) is 2. The van der Waals surface area contributed by atoms with Crippen LogP contribution in [0.4, 0.5) is 0 Å². The largest absolute Gasteiger partial charge is 0.508 e. The van der Waals surface area contributed by atoms with Crippen molar-refractivity contribution >= 4 is 21.3 Å². The van der Waals surface area contributed by atoms with E-state index in [2.05, 4.69) is 0 Å². The molecule has 0 fully saturated rings. The first kappa shape index (κ1) is 18.7. The zero-order valence-corrected chi connectivity index (χ0v) is 9.18. The maximum absolute atomic E-state index is 8.63. The Kier molecular flexibility index (Phi) is 28.3. The first-order chi connectivity index (χ1) is 7.22. The first-order valence-electron chi connectivity index (χ1n) is 3.33. The van der Waals surface area contributed by atoms with E-state index < -0.39 is 0 Å². The summed E-state index contributed by atoms with van der Waals surface area (Å²) in [4.78, 5) is 16.7. The van der Waals surface area contributed by atoms with Crippen LogP contribution >= 0.6 is 9.12 Å². The van der Waals surface area contributed by atoms with E-state index in [-0.39, 0.29) is 0 Å². The lowest BCUT2D eigenvalue weighted by atomic mass is 10.3. The minimum atomic E-state index is 0.322. The molecule has 0 amide bonds. The molecule has 0 spiro atoms. The molecule has 1 atom stereocenters. The number of isocyanates is 2. The third kappa shape index (κ3) is 33.3. The highest BCUT2D eigenvalue weighted by Gasteiger charge is 1.74. The van der Waals surface area contributed by atoms with Gasteiger partial charge in [-0.2, -0.15) is 0 Å². The molecule has 3 N–H and O–H groups in total. The topological polar surface area (TPSA) is 119 Å². The van der Waals surface area contributed by atoms with Gasteiger partial charge in [0.1, 0.15) is 5.75 Å². The van der Waals surface area contributed by atoms with Crippen molar-refractivity contribution in [2.45, 2.75) is 0 Å². The predicted molar refractivity (Wildman–Crippen MR) is 56.7 cm³/mol. The third-order valence-corrected chi connectivity index (χ3v) is 0.756. The smallest absolute Gasteiger partial charge is 0.231 e. The van der Waals surface area contributed by atoms with E-state index in [0.29, 0.717) is 14.9 Å². The molecule has 15 heavy (non-hydrogen) atoms. The number of phenolic OH excluding ortho intramolecular Hbond substituents is 1. The number of aromatic hydroxyl groups is 1. The molecule has 0 aliphatic heterocycles. The van der Waals surface area contributed by atoms with Crippen LogP contribution in [-0.2, 0) is 14.2 Å². The van der Waals surface area contributed by atoms with Gasteiger partial charge < -0.3 is 9.67 Å². The molecule has 1 aromatic rings. The van der Waals surface area contributed by atoms with Gasteiger partial charge >= 0.3 is 0 Å². The van der Waals surface area contributed by atoms with Crippen LogP contribution in [0.5, 0.6) is 5.75 Å². The summed E-state index contributed by atoms with van der Waals surface area (Å²) in [5.74, 6) is 0.322. The second-order valence-corrected chi connectivity index (χ2v) is 1.54. The maximum atomic E-state index is 8.63. The minimum absolute atomic E-state index is 0.322. The second kappa shape index (κ2) is 22.7. The summed E-state index contributed by atoms with van der Waals surface area (Å²) in [5, 5.41) is 19.4. The van der Waals surface area contributed by atoms with Gasteiger partial charge in [0.15, 0.2) is 0 Å². The normalized spacial score (nSPS) is 5.60. The van der Waals surface area contributed by atoms with Gasteiger partial charge in [-0.25, -0.2) is 20.4 Å². The highest BCUT2D eigenvalue weighted by atomic mass is 31.0. The molecule has 0 radical (unpaired) electrons. The standard InChI is InChI=1S/C6H6O.2CHNO.H3OP/c7-6-4-2-1-3-5-6;2*2-1-3;1-2/h1-5,7H;2*2H;2H3. The van der Waals surface area contributed by atoms with Crippen LogP contribution < -0.4 is 0 Å². The van der Waals surface area contributed by atoms with E-state index in [1.165, 1.54) is 0 Å². The highest BCUT2D eigenvalue weighted by Crippen LogP contribution is 2.02. The van der Waals surface area contributed by atoms with E-state index in [4.69, 9.17) is 30.1 Å². The van der Waals surface area contributed by atoms with Crippen molar-refractivity contribution in [1.29, 1.82) is 10.8 Å². The van der Waals surface area contributed by atoms with Crippen LogP contribution in [0.3, 0.4) is 0 Å². The zero-order chi connectivity index (χ0) is 12.5. The van der Waals surface area contributed by atoms with Crippen molar-refractivity contribution in [2.75, 3.05) is 0 Å². The SMILES string of the molecule is N=C=O.N=C=O.O=[PH3].Oc1ccccc1. The maximum Gasteiger partial charge on any atom is 0.231 e. The van der Waals surface area contributed by atoms with Crippen molar-refractivity contribution < 1.29 is 19.3 Å². The van der Waals surface area contributed by atoms with Crippen molar-refractivity contribution in [3.63, 3.8) is 0 Å². The molecular formula is C8H11N2O4P. The lowest BCUT2D eigenvalue weighted by Gasteiger charge is -1.82. The van der Waals surface area contributed by atoms with Gasteiger partial charge in [-0.15, -0.1) is 0 Å². The Morgan fingerprint density at radius 1 is 1.00 bits per heavy atom. The molecule has 0 saturated heterocycles. The molecule has 1 aromatic carbocycles. The molecule has 0 aromatic heterocycles. The summed E-state index contributed by atoms with van der Waals surface area (Å²) < 4.78 is 8.28. The number of para-hydroxylation sites is 1. The summed E-state index contributed by atoms with van der Waals surface area (Å²) >= 11 is 0. The molecule has 1 unspecified atom stereocenters. The Balaban J connectivity index is -0.000000154. The van der Waals surface area contributed by atoms with Crippen LogP contribution in [0.15, 0.2) is 30.3 Å². The minimum Gasteiger partial charge on any atom is -0.508 e. The predicted octanol–water partition coefficient (Wildman–Crippen LogP) is 1.13. The summed E-state index contributed by atoms with van der Waals surface area (Å²) in [6, 6.07) is 8.71. The number of rotatable bonds is 0. The van der Waals surface area contributed by atoms with Gasteiger partial charge in [0.25, 0.3) is 0 Å². The number of hydrogen-bond acceptors (Lipinski definition) is 6. The Labute approximate surface area is 88.2 Å². The number of phenols is 1. The number of benzene rings is 1. The Morgan fingerprint density at radius 3 is 1.40 bits per heavy atom. The van der Waals surface area contributed by atoms with Crippen molar-refractivity contribution in [2.24, 2.45) is 0 Å². The third-order valence-electron chi connectivity index (χ3n) is 0.756. The van der Waals surface area contributed by atoms with Crippen LogP contribution in [0, 0.1) is 10.8 Å². The van der Waals surface area contributed by atoms with E-state index in [1.807, 2.05) is 6.07 Å². The molecule has 0 aliphatic rings. The Hall–Kier alpha value is -1.99. The second-order valence-electron chi connectivity index (χ2n) is 1.54. The van der Waals surface area contributed by atoms with Gasteiger partial charge in [-0.1, -0.05) is 18.2 Å². The van der Waals surface area contributed by atoms with Crippen LogP contribution in [-0.4, -0.2) is 17.3 Å². The van der Waals surface area contributed by atoms with E-state index >= 15 is 0 Å². The van der Waals surface area contributed by atoms with Crippen LogP contribution in [0.25, 0.3) is 0 Å². The summed E-state index contributed by atoms with van der Waals surface area (Å²) in [6.45, 7) is 0. The molecule has 7 heteroatoms. The van der Waals surface area contributed by atoms with E-state index in [1.54, 1.807) is 24.3 Å². The Morgan fingerprint density at radius 2 is 1.27 bits per heavy atom. The fourth-order valence-corrected chi connectivity index (χ4v) is 0.428. The molecule has 6 nitrogen and oxygen atoms in total. The lowest BCUT2D eigenvalue weighted by molar-refractivity contribution is 0.475. The summed E-state index contributed by atoms with van der Waals surface area (Å²) in [5.41, 5.74) is 0. The van der Waals surface area contributed by atoms with Gasteiger partial charge in [0.05, 0.1) is 9.12 Å². The molecule has 0 bridgehead atoms. The molecule has 0 aliphatic carbocycles. The fourth-order valence-electron chi connectivity index (χ4n) is 0.428. The van der Waals surface area contributed by atoms with Gasteiger partial charge in [-0.05, 0) is 12.1 Å². The zero-order valence-electron chi connectivity index (χ0n) is 7.77. The molecule has 1 rings (SSSR count). The van der Waals surface area contributed by atoms with Gasteiger partial charge in [0, 0.05) is 0 Å². The fraction of sp³-hybridized carbons (Fsp3) is 0. The average Bonchev–Trinajstić information content (AvgIpc) is 2.24. The van der Waals surface area contributed by atoms with Crippen molar-refractivity contribution in [3.05, 3.63) is 30.3 Å². The quantitative estimate of drug-likeness (QED) is 0.351. The molecule has 82 valence electrons. The van der Waals surface area contributed by atoms with Crippen LogP contribution in [0.1, 0.15) is 0 Å². The molecule has 0 heterocycles. The first-order valence-corrected chi connectivity index (χ1v) is 3.91. The van der Waals surface area contributed by atoms with E-state index in [9.17, 15) is 0 Å². The van der Waals surface area contributed by atoms with Crippen LogP contribution in [0.2, 0.25) is 0 Å². The van der Waals surface area contributed by atoms with Crippen molar-refractivity contribution in [1.82, 2.24) is 0 Å². The highest BCUT2D eigenvalue weighted by molar-refractivity contribution is 7.00. The van der Waals surface area contributed by atoms with Gasteiger partial charge in [0.2, 0.25) is 12.2 Å². The summed E-state index contributed by atoms with van der Waals surface area (Å²) in [7, 11) is 0.611.